The smallest absolute Gasteiger partial charge is 0.169 e. The highest BCUT2D eigenvalue weighted by Crippen LogP contribution is 2.43. The normalized spacial score (nSPS) is 26.8. The molecule has 1 aromatic rings. The van der Waals surface area contributed by atoms with Gasteiger partial charge >= 0.3 is 0 Å². The second-order valence-corrected chi connectivity index (χ2v) is 5.60. The third kappa shape index (κ3) is 1.90. The van der Waals surface area contributed by atoms with Gasteiger partial charge in [0.1, 0.15) is 0 Å². The Morgan fingerprint density at radius 3 is 2.94 bits per heavy atom. The highest BCUT2D eigenvalue weighted by Gasteiger charge is 2.41. The molecule has 2 N–H and O–H groups in total. The molecule has 100 valence electrons. The summed E-state index contributed by atoms with van der Waals surface area (Å²) in [5, 5.41) is 8.28. The average Bonchev–Trinajstić information content (AvgIpc) is 2.96. The number of nitrogens with zero attached hydrogens (tertiary/aromatic N) is 3. The maximum Gasteiger partial charge on any atom is 0.169 e. The maximum absolute atomic E-state index is 6.07. The van der Waals surface area contributed by atoms with Crippen molar-refractivity contribution < 1.29 is 4.74 Å². The van der Waals surface area contributed by atoms with E-state index in [1.807, 2.05) is 0 Å². The Bertz CT molecular complexity index is 423. The first-order valence-corrected chi connectivity index (χ1v) is 7.07. The Hall–Kier alpha value is -1.10. The molecule has 0 amide bonds. The van der Waals surface area contributed by atoms with Gasteiger partial charge in [0, 0.05) is 6.61 Å². The van der Waals surface area contributed by atoms with Crippen LogP contribution in [0.1, 0.15) is 57.2 Å². The van der Waals surface area contributed by atoms with Gasteiger partial charge in [-0.3, -0.25) is 0 Å². The van der Waals surface area contributed by atoms with Crippen LogP contribution in [-0.4, -0.2) is 27.2 Å². The molecule has 2 aliphatic rings. The summed E-state index contributed by atoms with van der Waals surface area (Å²) < 4.78 is 8.12. The standard InChI is InChI=1S/C13H22N4O/c1-2-11-12(14)15-16-17(11)10-5-8-18-13(9-10)6-3-4-7-13/h10H,2-9,14H2,1H3. The van der Waals surface area contributed by atoms with Gasteiger partial charge in [-0.1, -0.05) is 25.0 Å². The average molecular weight is 250 g/mol. The van der Waals surface area contributed by atoms with Crippen LogP contribution in [0.3, 0.4) is 0 Å². The Labute approximate surface area is 108 Å². The van der Waals surface area contributed by atoms with E-state index in [1.54, 1.807) is 0 Å². The van der Waals surface area contributed by atoms with Crippen molar-refractivity contribution in [2.24, 2.45) is 0 Å². The second kappa shape index (κ2) is 4.53. The number of hydrogen-bond acceptors (Lipinski definition) is 4. The van der Waals surface area contributed by atoms with Crippen LogP contribution in [0.5, 0.6) is 0 Å². The molecule has 1 aromatic heterocycles. The van der Waals surface area contributed by atoms with Gasteiger partial charge in [0.05, 0.1) is 17.3 Å². The number of aromatic nitrogens is 3. The molecule has 1 saturated heterocycles. The molecule has 1 atom stereocenters. The fraction of sp³-hybridized carbons (Fsp3) is 0.846. The topological polar surface area (TPSA) is 66.0 Å². The summed E-state index contributed by atoms with van der Waals surface area (Å²) in [5.41, 5.74) is 7.08. The van der Waals surface area contributed by atoms with Crippen molar-refractivity contribution in [3.8, 4) is 0 Å². The third-order valence-corrected chi connectivity index (χ3v) is 4.48. The minimum absolute atomic E-state index is 0.120. The summed E-state index contributed by atoms with van der Waals surface area (Å²) in [7, 11) is 0. The molecule has 2 fully saturated rings. The van der Waals surface area contributed by atoms with Gasteiger partial charge in [-0.15, -0.1) is 5.10 Å². The van der Waals surface area contributed by atoms with Crippen molar-refractivity contribution in [1.29, 1.82) is 0 Å². The Kier molecular flexibility index (Phi) is 3.01. The quantitative estimate of drug-likeness (QED) is 0.872. The Morgan fingerprint density at radius 2 is 2.22 bits per heavy atom. The van der Waals surface area contributed by atoms with E-state index >= 15 is 0 Å². The predicted molar refractivity (Wildman–Crippen MR) is 69.2 cm³/mol. The van der Waals surface area contributed by atoms with E-state index in [1.165, 1.54) is 25.7 Å². The lowest BCUT2D eigenvalue weighted by Gasteiger charge is -2.38. The van der Waals surface area contributed by atoms with Gasteiger partial charge in [0.15, 0.2) is 5.82 Å². The number of rotatable bonds is 2. The lowest BCUT2D eigenvalue weighted by molar-refractivity contribution is -0.0914. The molecule has 0 aromatic carbocycles. The summed E-state index contributed by atoms with van der Waals surface area (Å²) >= 11 is 0. The van der Waals surface area contributed by atoms with E-state index in [0.717, 1.165) is 31.6 Å². The van der Waals surface area contributed by atoms with E-state index in [4.69, 9.17) is 10.5 Å². The van der Waals surface area contributed by atoms with Gasteiger partial charge in [-0.05, 0) is 32.1 Å². The number of hydrogen-bond donors (Lipinski definition) is 1. The molecule has 1 aliphatic heterocycles. The van der Waals surface area contributed by atoms with Crippen LogP contribution < -0.4 is 5.73 Å². The van der Waals surface area contributed by atoms with Gasteiger partial charge in [-0.25, -0.2) is 4.68 Å². The zero-order valence-corrected chi connectivity index (χ0v) is 11.1. The van der Waals surface area contributed by atoms with Crippen molar-refractivity contribution in [3.05, 3.63) is 5.69 Å². The van der Waals surface area contributed by atoms with E-state index in [0.29, 0.717) is 11.9 Å². The molecule has 1 aliphatic carbocycles. The number of anilines is 1. The molecule has 18 heavy (non-hydrogen) atoms. The third-order valence-electron chi connectivity index (χ3n) is 4.48. The lowest BCUT2D eigenvalue weighted by atomic mass is 9.89. The van der Waals surface area contributed by atoms with Gasteiger partial charge in [-0.2, -0.15) is 0 Å². The van der Waals surface area contributed by atoms with Crippen LogP contribution in [0.4, 0.5) is 5.82 Å². The van der Waals surface area contributed by atoms with Crippen molar-refractivity contribution in [1.82, 2.24) is 15.0 Å². The molecule has 1 unspecified atom stereocenters. The van der Waals surface area contributed by atoms with Crippen molar-refractivity contribution >= 4 is 5.82 Å². The first kappa shape index (κ1) is 12.0. The molecule has 5 nitrogen and oxygen atoms in total. The maximum atomic E-state index is 6.07. The highest BCUT2D eigenvalue weighted by atomic mass is 16.5. The zero-order chi connectivity index (χ0) is 12.6. The summed E-state index contributed by atoms with van der Waals surface area (Å²) in [5.74, 6) is 0.587. The van der Waals surface area contributed by atoms with Crippen LogP contribution >= 0.6 is 0 Å². The van der Waals surface area contributed by atoms with Crippen molar-refractivity contribution in [2.75, 3.05) is 12.3 Å². The first-order chi connectivity index (χ1) is 8.74. The fourth-order valence-corrected chi connectivity index (χ4v) is 3.54. The largest absolute Gasteiger partial charge is 0.381 e. The van der Waals surface area contributed by atoms with Crippen molar-refractivity contribution in [3.63, 3.8) is 0 Å². The molecule has 2 heterocycles. The molecular formula is C13H22N4O. The van der Waals surface area contributed by atoms with Crippen LogP contribution in [0.15, 0.2) is 0 Å². The van der Waals surface area contributed by atoms with Crippen molar-refractivity contribution in [2.45, 2.75) is 63.5 Å². The monoisotopic (exact) mass is 250 g/mol. The Morgan fingerprint density at radius 1 is 1.44 bits per heavy atom. The predicted octanol–water partition coefficient (Wildman–Crippen LogP) is 2.09. The molecule has 5 heteroatoms. The molecular weight excluding hydrogens is 228 g/mol. The van der Waals surface area contributed by atoms with E-state index < -0.39 is 0 Å². The summed E-state index contributed by atoms with van der Waals surface area (Å²) in [4.78, 5) is 0. The molecule has 3 rings (SSSR count). The van der Waals surface area contributed by atoms with Crippen LogP contribution in [0.2, 0.25) is 0 Å². The van der Waals surface area contributed by atoms with Crippen LogP contribution in [-0.2, 0) is 11.2 Å². The Balaban J connectivity index is 1.83. The molecule has 0 radical (unpaired) electrons. The van der Waals surface area contributed by atoms with Gasteiger partial charge in [0.25, 0.3) is 0 Å². The summed E-state index contributed by atoms with van der Waals surface area (Å²) in [6.45, 7) is 2.95. The minimum Gasteiger partial charge on any atom is -0.381 e. The molecule has 1 spiro atoms. The number of nitrogens with two attached hydrogens (primary N) is 1. The van der Waals surface area contributed by atoms with E-state index in [9.17, 15) is 0 Å². The lowest BCUT2D eigenvalue weighted by Crippen LogP contribution is -2.38. The van der Waals surface area contributed by atoms with Gasteiger partial charge in [0.2, 0.25) is 0 Å². The SMILES string of the molecule is CCc1c(N)nnn1C1CCOC2(CCCC2)C1. The van der Waals surface area contributed by atoms with Gasteiger partial charge < -0.3 is 10.5 Å². The summed E-state index contributed by atoms with van der Waals surface area (Å²) in [6, 6.07) is 0.414. The van der Waals surface area contributed by atoms with E-state index in [-0.39, 0.29) is 5.60 Å². The fourth-order valence-electron chi connectivity index (χ4n) is 3.54. The first-order valence-electron chi connectivity index (χ1n) is 7.07. The molecule has 1 saturated carbocycles. The van der Waals surface area contributed by atoms with E-state index in [2.05, 4.69) is 21.9 Å². The molecule has 0 bridgehead atoms. The van der Waals surface area contributed by atoms with Crippen LogP contribution in [0, 0.1) is 0 Å². The van der Waals surface area contributed by atoms with Crippen LogP contribution in [0.25, 0.3) is 0 Å². The number of nitrogen functional groups attached to an aromatic ring is 1. The minimum atomic E-state index is 0.120. The zero-order valence-electron chi connectivity index (χ0n) is 11.1. The summed E-state index contributed by atoms with van der Waals surface area (Å²) in [6.07, 6.45) is 7.99. The second-order valence-electron chi connectivity index (χ2n) is 5.60. The number of ether oxygens (including phenoxy) is 1. The highest BCUT2D eigenvalue weighted by molar-refractivity contribution is 5.33.